The number of benzene rings is 1. The van der Waals surface area contributed by atoms with Gasteiger partial charge in [0.15, 0.2) is 0 Å². The number of rotatable bonds is 5. The standard InChI is InChI=1S/C9H22Si.C8H10O2/c1-7(2)10(8(3)4)9(5)6;1-9-7-4-3-5-8(6-7)10-2/h7-10H,1-6H3;3-6H,1-2H3. The topological polar surface area (TPSA) is 18.5 Å². The molecule has 0 saturated carbocycles. The van der Waals surface area contributed by atoms with Gasteiger partial charge in [0, 0.05) is 14.9 Å². The van der Waals surface area contributed by atoms with Gasteiger partial charge in [0.25, 0.3) is 0 Å². The van der Waals surface area contributed by atoms with E-state index >= 15 is 0 Å². The summed E-state index contributed by atoms with van der Waals surface area (Å²) in [7, 11) is 2.81. The van der Waals surface area contributed by atoms with E-state index in [0.29, 0.717) is 0 Å². The van der Waals surface area contributed by atoms with Crippen LogP contribution < -0.4 is 9.47 Å². The highest BCUT2D eigenvalue weighted by atomic mass is 28.3. The summed E-state index contributed by atoms with van der Waals surface area (Å²) in [4.78, 5) is 0. The van der Waals surface area contributed by atoms with Crippen molar-refractivity contribution < 1.29 is 9.47 Å². The third kappa shape index (κ3) is 6.99. The molecule has 0 amide bonds. The van der Waals surface area contributed by atoms with E-state index in [0.717, 1.165) is 28.1 Å². The molecule has 0 atom stereocenters. The largest absolute Gasteiger partial charge is 0.497 e. The molecule has 0 aromatic heterocycles. The monoisotopic (exact) mass is 296 g/mol. The summed E-state index contributed by atoms with van der Waals surface area (Å²) in [6.45, 7) is 14.3. The van der Waals surface area contributed by atoms with Crippen LogP contribution in [0.25, 0.3) is 0 Å². The molecule has 2 nitrogen and oxygen atoms in total. The van der Waals surface area contributed by atoms with Crippen LogP contribution in [0.1, 0.15) is 41.5 Å². The van der Waals surface area contributed by atoms with Gasteiger partial charge >= 0.3 is 0 Å². The van der Waals surface area contributed by atoms with Crippen LogP contribution in [0, 0.1) is 0 Å². The molecular formula is C17H32O2Si. The lowest BCUT2D eigenvalue weighted by molar-refractivity contribution is 0.394. The van der Waals surface area contributed by atoms with Gasteiger partial charge in [0.05, 0.1) is 14.2 Å². The van der Waals surface area contributed by atoms with E-state index in [1.165, 1.54) is 0 Å². The Balaban J connectivity index is 0.000000361. The Labute approximate surface area is 127 Å². The van der Waals surface area contributed by atoms with Crippen LogP contribution in [0.3, 0.4) is 0 Å². The lowest BCUT2D eigenvalue weighted by Crippen LogP contribution is -2.24. The number of ether oxygens (including phenoxy) is 2. The van der Waals surface area contributed by atoms with Gasteiger partial charge in [-0.05, 0) is 12.1 Å². The molecule has 0 unspecified atom stereocenters. The fourth-order valence-corrected chi connectivity index (χ4v) is 7.66. The summed E-state index contributed by atoms with van der Waals surface area (Å²) < 4.78 is 9.95. The number of hydrogen-bond acceptors (Lipinski definition) is 2. The van der Waals surface area contributed by atoms with Crippen molar-refractivity contribution in [3.63, 3.8) is 0 Å². The van der Waals surface area contributed by atoms with Gasteiger partial charge in [-0.2, -0.15) is 0 Å². The Morgan fingerprint density at radius 2 is 1.10 bits per heavy atom. The van der Waals surface area contributed by atoms with Crippen LogP contribution in [0.15, 0.2) is 24.3 Å². The second-order valence-corrected chi connectivity index (χ2v) is 11.3. The maximum absolute atomic E-state index is 4.98. The Morgan fingerprint density at radius 3 is 1.30 bits per heavy atom. The maximum atomic E-state index is 4.98. The third-order valence-electron chi connectivity index (χ3n) is 3.59. The van der Waals surface area contributed by atoms with E-state index in [2.05, 4.69) is 41.5 Å². The lowest BCUT2D eigenvalue weighted by atomic mass is 10.3. The molecule has 0 saturated heterocycles. The minimum atomic E-state index is -0.454. The molecule has 1 aromatic carbocycles. The average molecular weight is 297 g/mol. The van der Waals surface area contributed by atoms with Crippen LogP contribution in [0.5, 0.6) is 11.5 Å². The smallest absolute Gasteiger partial charge is 0.122 e. The molecular weight excluding hydrogens is 264 g/mol. The molecule has 1 rings (SSSR count). The van der Waals surface area contributed by atoms with Crippen LogP contribution in [-0.4, -0.2) is 23.0 Å². The summed E-state index contributed by atoms with van der Waals surface area (Å²) in [5, 5.41) is 0. The first-order valence-corrected chi connectivity index (χ1v) is 9.51. The Kier molecular flexibility index (Phi) is 9.39. The highest BCUT2D eigenvalue weighted by molar-refractivity contribution is 6.63. The highest BCUT2D eigenvalue weighted by Crippen LogP contribution is 2.29. The first kappa shape index (κ1) is 19.0. The SMILES string of the molecule is CC(C)[SiH](C(C)C)C(C)C.COc1cccc(OC)c1. The molecule has 0 aliphatic carbocycles. The van der Waals surface area contributed by atoms with Gasteiger partial charge in [-0.25, -0.2) is 0 Å². The predicted molar refractivity (Wildman–Crippen MR) is 92.0 cm³/mol. The van der Waals surface area contributed by atoms with Crippen molar-refractivity contribution >= 4 is 8.80 Å². The van der Waals surface area contributed by atoms with Gasteiger partial charge in [0.2, 0.25) is 0 Å². The van der Waals surface area contributed by atoms with Crippen LogP contribution in [0.4, 0.5) is 0 Å². The zero-order chi connectivity index (χ0) is 15.7. The van der Waals surface area contributed by atoms with E-state index in [4.69, 9.17) is 9.47 Å². The van der Waals surface area contributed by atoms with Gasteiger partial charge in [-0.15, -0.1) is 0 Å². The van der Waals surface area contributed by atoms with Crippen molar-refractivity contribution in [3.05, 3.63) is 24.3 Å². The van der Waals surface area contributed by atoms with Gasteiger partial charge < -0.3 is 9.47 Å². The van der Waals surface area contributed by atoms with Crippen molar-refractivity contribution in [3.8, 4) is 11.5 Å². The Morgan fingerprint density at radius 1 is 0.750 bits per heavy atom. The average Bonchev–Trinajstić information content (AvgIpc) is 2.38. The first-order chi connectivity index (χ1) is 9.33. The summed E-state index contributed by atoms with van der Waals surface area (Å²) >= 11 is 0. The molecule has 0 spiro atoms. The third-order valence-corrected chi connectivity index (χ3v) is 8.21. The van der Waals surface area contributed by atoms with Crippen molar-refractivity contribution in [2.24, 2.45) is 0 Å². The lowest BCUT2D eigenvalue weighted by Gasteiger charge is -2.26. The normalized spacial score (nSPS) is 10.8. The quantitative estimate of drug-likeness (QED) is 0.700. The van der Waals surface area contributed by atoms with Crippen LogP contribution >= 0.6 is 0 Å². The fourth-order valence-electron chi connectivity index (χ4n) is 3.04. The van der Waals surface area contributed by atoms with Crippen LogP contribution in [-0.2, 0) is 0 Å². The molecule has 0 radical (unpaired) electrons. The number of methoxy groups -OCH3 is 2. The van der Waals surface area contributed by atoms with E-state index in [-0.39, 0.29) is 0 Å². The molecule has 0 aliphatic rings. The van der Waals surface area contributed by atoms with Crippen molar-refractivity contribution in [1.29, 1.82) is 0 Å². The van der Waals surface area contributed by atoms with Crippen LogP contribution in [0.2, 0.25) is 16.6 Å². The Hall–Kier alpha value is -0.963. The molecule has 0 heterocycles. The second kappa shape index (κ2) is 9.86. The second-order valence-electron chi connectivity index (χ2n) is 6.19. The Bertz CT molecular complexity index is 323. The van der Waals surface area contributed by atoms with E-state index in [9.17, 15) is 0 Å². The van der Waals surface area contributed by atoms with Crippen molar-refractivity contribution in [2.75, 3.05) is 14.2 Å². The summed E-state index contributed by atoms with van der Waals surface area (Å²) in [6, 6.07) is 7.47. The van der Waals surface area contributed by atoms with E-state index < -0.39 is 8.80 Å². The molecule has 0 fully saturated rings. The van der Waals surface area contributed by atoms with E-state index in [1.807, 2.05) is 24.3 Å². The predicted octanol–water partition coefficient (Wildman–Crippen LogP) is 5.15. The van der Waals surface area contributed by atoms with Gasteiger partial charge in [-0.1, -0.05) is 64.2 Å². The molecule has 0 aliphatic heterocycles. The summed E-state index contributed by atoms with van der Waals surface area (Å²) in [5.41, 5.74) is 2.92. The first-order valence-electron chi connectivity index (χ1n) is 7.51. The molecule has 3 heteroatoms. The van der Waals surface area contributed by atoms with Gasteiger partial charge in [0.1, 0.15) is 11.5 Å². The van der Waals surface area contributed by atoms with Crippen molar-refractivity contribution in [2.45, 2.75) is 58.2 Å². The van der Waals surface area contributed by atoms with Crippen molar-refractivity contribution in [1.82, 2.24) is 0 Å². The molecule has 1 aromatic rings. The minimum Gasteiger partial charge on any atom is -0.497 e. The minimum absolute atomic E-state index is 0.454. The molecule has 20 heavy (non-hydrogen) atoms. The molecule has 0 bridgehead atoms. The highest BCUT2D eigenvalue weighted by Gasteiger charge is 2.22. The fraction of sp³-hybridized carbons (Fsp3) is 0.647. The number of hydrogen-bond donors (Lipinski definition) is 0. The molecule has 116 valence electrons. The summed E-state index contributed by atoms with van der Waals surface area (Å²) in [5.74, 6) is 1.64. The maximum Gasteiger partial charge on any atom is 0.122 e. The van der Waals surface area contributed by atoms with Gasteiger partial charge in [-0.3, -0.25) is 0 Å². The van der Waals surface area contributed by atoms with E-state index in [1.54, 1.807) is 14.2 Å². The zero-order valence-corrected chi connectivity index (χ0v) is 15.6. The molecule has 0 N–H and O–H groups in total. The zero-order valence-electron chi connectivity index (χ0n) is 14.4. The summed E-state index contributed by atoms with van der Waals surface area (Å²) in [6.07, 6.45) is 0.